The summed E-state index contributed by atoms with van der Waals surface area (Å²) in [6.45, 7) is 4.19. The second-order valence-corrected chi connectivity index (χ2v) is 6.54. The number of hydrogen-bond donors (Lipinski definition) is 1. The van der Waals surface area contributed by atoms with E-state index in [9.17, 15) is 4.79 Å². The van der Waals surface area contributed by atoms with Crippen LogP contribution in [0.1, 0.15) is 64.8 Å². The van der Waals surface area contributed by atoms with Gasteiger partial charge in [-0.15, -0.1) is 0 Å². The number of rotatable bonds is 4. The van der Waals surface area contributed by atoms with Crippen LogP contribution in [0.4, 0.5) is 0 Å². The lowest BCUT2D eigenvalue weighted by Gasteiger charge is -2.20. The summed E-state index contributed by atoms with van der Waals surface area (Å²) in [5, 5.41) is 3.19. The molecule has 2 aromatic carbocycles. The van der Waals surface area contributed by atoms with E-state index >= 15 is 0 Å². The molecule has 0 fully saturated rings. The SMILES string of the molecule is CC[C@@H](NC(=O)c1ccc2c(c1)CCCC2)c1ccc(C)cc1. The Kier molecular flexibility index (Phi) is 4.80. The third-order valence-corrected chi connectivity index (χ3v) is 4.80. The zero-order valence-corrected chi connectivity index (χ0v) is 14.1. The van der Waals surface area contributed by atoms with E-state index in [2.05, 4.69) is 55.6 Å². The molecular formula is C21H25NO. The molecule has 1 aliphatic rings. The number of hydrogen-bond acceptors (Lipinski definition) is 1. The van der Waals surface area contributed by atoms with E-state index < -0.39 is 0 Å². The molecule has 0 spiro atoms. The quantitative estimate of drug-likeness (QED) is 0.867. The van der Waals surface area contributed by atoms with Gasteiger partial charge in [0.2, 0.25) is 0 Å². The first-order chi connectivity index (χ1) is 11.2. The van der Waals surface area contributed by atoms with Gasteiger partial charge in [0.25, 0.3) is 5.91 Å². The van der Waals surface area contributed by atoms with Gasteiger partial charge in [0, 0.05) is 5.56 Å². The standard InChI is InChI=1S/C21H25NO/c1-3-20(17-10-8-15(2)9-11-17)22-21(23)19-13-12-16-6-4-5-7-18(16)14-19/h8-14,20H,3-7H2,1-2H3,(H,22,23)/t20-/m1/s1. The van der Waals surface area contributed by atoms with Crippen molar-refractivity contribution in [1.82, 2.24) is 5.32 Å². The molecule has 1 aliphatic carbocycles. The van der Waals surface area contributed by atoms with Crippen molar-refractivity contribution < 1.29 is 4.79 Å². The Bertz CT molecular complexity index is 687. The highest BCUT2D eigenvalue weighted by atomic mass is 16.1. The molecule has 0 saturated heterocycles. The van der Waals surface area contributed by atoms with Crippen molar-refractivity contribution in [1.29, 1.82) is 0 Å². The van der Waals surface area contributed by atoms with Gasteiger partial charge in [-0.3, -0.25) is 4.79 Å². The van der Waals surface area contributed by atoms with Gasteiger partial charge in [0.15, 0.2) is 0 Å². The smallest absolute Gasteiger partial charge is 0.251 e. The maximum absolute atomic E-state index is 12.6. The van der Waals surface area contributed by atoms with Gasteiger partial charge in [-0.1, -0.05) is 42.8 Å². The van der Waals surface area contributed by atoms with E-state index in [4.69, 9.17) is 0 Å². The second kappa shape index (κ2) is 6.99. The maximum atomic E-state index is 12.6. The van der Waals surface area contributed by atoms with Gasteiger partial charge in [-0.2, -0.15) is 0 Å². The van der Waals surface area contributed by atoms with Crippen molar-refractivity contribution in [2.45, 2.75) is 52.0 Å². The van der Waals surface area contributed by atoms with Crippen molar-refractivity contribution in [3.63, 3.8) is 0 Å². The second-order valence-electron chi connectivity index (χ2n) is 6.54. The van der Waals surface area contributed by atoms with E-state index in [1.165, 1.54) is 35.1 Å². The van der Waals surface area contributed by atoms with Crippen LogP contribution in [-0.2, 0) is 12.8 Å². The average Bonchev–Trinajstić information content (AvgIpc) is 2.60. The Morgan fingerprint density at radius 2 is 1.74 bits per heavy atom. The molecule has 0 bridgehead atoms. The predicted molar refractivity (Wildman–Crippen MR) is 94.8 cm³/mol. The molecule has 2 aromatic rings. The fourth-order valence-electron chi connectivity index (χ4n) is 3.34. The van der Waals surface area contributed by atoms with Crippen LogP contribution >= 0.6 is 0 Å². The monoisotopic (exact) mass is 307 g/mol. The van der Waals surface area contributed by atoms with E-state index in [0.717, 1.165) is 24.8 Å². The van der Waals surface area contributed by atoms with E-state index in [0.29, 0.717) is 0 Å². The van der Waals surface area contributed by atoms with Crippen LogP contribution in [-0.4, -0.2) is 5.91 Å². The van der Waals surface area contributed by atoms with Crippen LogP contribution in [0, 0.1) is 6.92 Å². The summed E-state index contributed by atoms with van der Waals surface area (Å²) in [5.41, 5.74) is 5.97. The highest BCUT2D eigenvalue weighted by Gasteiger charge is 2.16. The predicted octanol–water partition coefficient (Wildman–Crippen LogP) is 4.75. The van der Waals surface area contributed by atoms with Gasteiger partial charge >= 0.3 is 0 Å². The third-order valence-electron chi connectivity index (χ3n) is 4.80. The normalized spacial score (nSPS) is 14.9. The first-order valence-corrected chi connectivity index (χ1v) is 8.66. The fraction of sp³-hybridized carbons (Fsp3) is 0.381. The lowest BCUT2D eigenvalue weighted by molar-refractivity contribution is 0.0935. The number of carbonyl (C=O) groups is 1. The van der Waals surface area contributed by atoms with Crippen LogP contribution in [0.5, 0.6) is 0 Å². The molecular weight excluding hydrogens is 282 g/mol. The molecule has 2 heteroatoms. The molecule has 0 aliphatic heterocycles. The number of aryl methyl sites for hydroxylation is 3. The first kappa shape index (κ1) is 15.8. The number of fused-ring (bicyclic) bond motifs is 1. The van der Waals surface area contributed by atoms with Crippen LogP contribution < -0.4 is 5.32 Å². The summed E-state index contributed by atoms with van der Waals surface area (Å²) >= 11 is 0. The molecule has 3 rings (SSSR count). The zero-order valence-electron chi connectivity index (χ0n) is 14.1. The van der Waals surface area contributed by atoms with Crippen LogP contribution in [0.3, 0.4) is 0 Å². The minimum Gasteiger partial charge on any atom is -0.345 e. The number of benzene rings is 2. The fourth-order valence-corrected chi connectivity index (χ4v) is 3.34. The molecule has 0 saturated carbocycles. The van der Waals surface area contributed by atoms with Crippen molar-refractivity contribution >= 4 is 5.91 Å². The summed E-state index contributed by atoms with van der Waals surface area (Å²) in [6.07, 6.45) is 5.65. The Labute approximate surface area is 138 Å². The number of nitrogens with one attached hydrogen (secondary N) is 1. The molecule has 23 heavy (non-hydrogen) atoms. The molecule has 2 nitrogen and oxygen atoms in total. The lowest BCUT2D eigenvalue weighted by Crippen LogP contribution is -2.28. The van der Waals surface area contributed by atoms with E-state index in [-0.39, 0.29) is 11.9 Å². The van der Waals surface area contributed by atoms with Gasteiger partial charge in [-0.25, -0.2) is 0 Å². The molecule has 1 atom stereocenters. The maximum Gasteiger partial charge on any atom is 0.251 e. The third kappa shape index (κ3) is 3.64. The molecule has 1 N–H and O–H groups in total. The Balaban J connectivity index is 1.75. The van der Waals surface area contributed by atoms with E-state index in [1.807, 2.05) is 6.07 Å². The van der Waals surface area contributed by atoms with Crippen molar-refractivity contribution in [3.05, 3.63) is 70.3 Å². The molecule has 0 aromatic heterocycles. The Morgan fingerprint density at radius 3 is 2.43 bits per heavy atom. The van der Waals surface area contributed by atoms with Gasteiger partial charge in [0.05, 0.1) is 6.04 Å². The minimum absolute atomic E-state index is 0.0331. The zero-order chi connectivity index (χ0) is 16.2. The van der Waals surface area contributed by atoms with Gasteiger partial charge in [-0.05, 0) is 67.9 Å². The number of amides is 1. The number of carbonyl (C=O) groups excluding carboxylic acids is 1. The summed E-state index contributed by atoms with van der Waals surface area (Å²) < 4.78 is 0. The Hall–Kier alpha value is -2.09. The van der Waals surface area contributed by atoms with Crippen molar-refractivity contribution in [3.8, 4) is 0 Å². The van der Waals surface area contributed by atoms with Crippen molar-refractivity contribution in [2.24, 2.45) is 0 Å². The highest BCUT2D eigenvalue weighted by molar-refractivity contribution is 5.94. The lowest BCUT2D eigenvalue weighted by atomic mass is 9.90. The molecule has 1 amide bonds. The summed E-state index contributed by atoms with van der Waals surface area (Å²) in [6, 6.07) is 14.7. The van der Waals surface area contributed by atoms with Crippen LogP contribution in [0.25, 0.3) is 0 Å². The first-order valence-electron chi connectivity index (χ1n) is 8.66. The minimum atomic E-state index is 0.0331. The summed E-state index contributed by atoms with van der Waals surface area (Å²) in [4.78, 5) is 12.6. The summed E-state index contributed by atoms with van der Waals surface area (Å²) in [5.74, 6) is 0.0331. The molecule has 120 valence electrons. The largest absolute Gasteiger partial charge is 0.345 e. The molecule has 0 radical (unpaired) electrons. The van der Waals surface area contributed by atoms with Crippen LogP contribution in [0.2, 0.25) is 0 Å². The van der Waals surface area contributed by atoms with Gasteiger partial charge in [0.1, 0.15) is 0 Å². The topological polar surface area (TPSA) is 29.1 Å². The molecule has 0 heterocycles. The Morgan fingerprint density at radius 1 is 1.04 bits per heavy atom. The molecule has 0 unspecified atom stereocenters. The van der Waals surface area contributed by atoms with Crippen molar-refractivity contribution in [2.75, 3.05) is 0 Å². The van der Waals surface area contributed by atoms with Gasteiger partial charge < -0.3 is 5.32 Å². The summed E-state index contributed by atoms with van der Waals surface area (Å²) in [7, 11) is 0. The highest BCUT2D eigenvalue weighted by Crippen LogP contribution is 2.23. The average molecular weight is 307 g/mol. The van der Waals surface area contributed by atoms with Crippen LogP contribution in [0.15, 0.2) is 42.5 Å². The van der Waals surface area contributed by atoms with E-state index in [1.54, 1.807) is 0 Å².